The fourth-order valence-corrected chi connectivity index (χ4v) is 1.39. The summed E-state index contributed by atoms with van der Waals surface area (Å²) in [5.74, 6) is 0.202. The maximum atomic E-state index is 11.2. The Balaban J connectivity index is 0.00000225. The molecule has 1 unspecified atom stereocenters. The molecule has 1 rings (SSSR count). The monoisotopic (exact) mass is 243 g/mol. The Morgan fingerprint density at radius 2 is 1.62 bits per heavy atom. The first-order chi connectivity index (χ1) is 7.06. The van der Waals surface area contributed by atoms with Gasteiger partial charge in [-0.05, 0) is 11.5 Å². The number of hydrogen-bond acceptors (Lipinski definition) is 2. The lowest BCUT2D eigenvalue weighted by Crippen LogP contribution is -3.00. The van der Waals surface area contributed by atoms with Crippen LogP contribution in [0.1, 0.15) is 36.9 Å². The number of hydrogen-bond donors (Lipinski definition) is 1. The van der Waals surface area contributed by atoms with Crippen molar-refractivity contribution in [2.75, 3.05) is 7.11 Å². The van der Waals surface area contributed by atoms with Crippen LogP contribution in [0.5, 0.6) is 0 Å². The highest BCUT2D eigenvalue weighted by molar-refractivity contribution is 5.75. The summed E-state index contributed by atoms with van der Waals surface area (Å²) in [4.78, 5) is 11.2. The minimum atomic E-state index is -0.434. The summed E-state index contributed by atoms with van der Waals surface area (Å²) >= 11 is 0. The topological polar surface area (TPSA) is 53.9 Å². The van der Waals surface area contributed by atoms with E-state index in [9.17, 15) is 4.79 Å². The van der Waals surface area contributed by atoms with Crippen LogP contribution in [0.4, 0.5) is 0 Å². The third-order valence-corrected chi connectivity index (χ3v) is 2.49. The molecule has 0 heterocycles. The number of carbonyl (C=O) groups is 1. The molecule has 16 heavy (non-hydrogen) atoms. The predicted molar refractivity (Wildman–Crippen MR) is 58.2 cm³/mol. The summed E-state index contributed by atoms with van der Waals surface area (Å²) in [6.45, 7) is 4.27. The third kappa shape index (κ3) is 3.51. The molecule has 1 aromatic carbocycles. The van der Waals surface area contributed by atoms with Gasteiger partial charge in [0.1, 0.15) is 0 Å². The molecule has 0 amide bonds. The Bertz CT molecular complexity index is 335. The first-order valence-electron chi connectivity index (χ1n) is 5.07. The summed E-state index contributed by atoms with van der Waals surface area (Å²) in [5, 5.41) is 0. The Morgan fingerprint density at radius 1 is 1.19 bits per heavy atom. The predicted octanol–water partition coefficient (Wildman–Crippen LogP) is -1.73. The lowest BCUT2D eigenvalue weighted by atomic mass is 9.99. The molecule has 0 radical (unpaired) electrons. The number of carbonyl (C=O) groups excluding carboxylic acids is 1. The number of ether oxygens (including phenoxy) is 1. The zero-order valence-electron chi connectivity index (χ0n) is 9.87. The van der Waals surface area contributed by atoms with Crippen LogP contribution in [0.15, 0.2) is 24.3 Å². The van der Waals surface area contributed by atoms with Crippen LogP contribution in [0, 0.1) is 0 Å². The van der Waals surface area contributed by atoms with E-state index in [0.717, 1.165) is 5.56 Å². The molecule has 4 heteroatoms. The minimum absolute atomic E-state index is 0. The molecule has 1 aromatic rings. The Hall–Kier alpha value is -1.06. The third-order valence-electron chi connectivity index (χ3n) is 2.49. The van der Waals surface area contributed by atoms with Crippen molar-refractivity contribution in [3.8, 4) is 0 Å². The van der Waals surface area contributed by atoms with Crippen molar-refractivity contribution in [2.45, 2.75) is 25.8 Å². The molecular weight excluding hydrogens is 226 g/mol. The maximum absolute atomic E-state index is 11.2. The van der Waals surface area contributed by atoms with Crippen molar-refractivity contribution in [3.05, 3.63) is 35.4 Å². The van der Waals surface area contributed by atoms with Gasteiger partial charge in [0.25, 0.3) is 0 Å². The summed E-state index contributed by atoms with van der Waals surface area (Å²) in [6.07, 6.45) is 0. The van der Waals surface area contributed by atoms with Gasteiger partial charge >= 0.3 is 5.97 Å². The number of halogens is 1. The first-order valence-corrected chi connectivity index (χ1v) is 5.07. The molecule has 0 aliphatic heterocycles. The zero-order chi connectivity index (χ0) is 11.4. The average Bonchev–Trinajstić information content (AvgIpc) is 2.27. The smallest absolute Gasteiger partial charge is 0.369 e. The van der Waals surface area contributed by atoms with Gasteiger partial charge in [-0.1, -0.05) is 38.1 Å². The van der Waals surface area contributed by atoms with Crippen molar-refractivity contribution in [2.24, 2.45) is 0 Å². The quantitative estimate of drug-likeness (QED) is 0.642. The van der Waals surface area contributed by atoms with Gasteiger partial charge in [-0.15, -0.1) is 0 Å². The molecule has 0 aromatic heterocycles. The van der Waals surface area contributed by atoms with Gasteiger partial charge in [-0.3, -0.25) is 0 Å². The zero-order valence-corrected chi connectivity index (χ0v) is 10.6. The minimum Gasteiger partial charge on any atom is -1.00 e. The summed E-state index contributed by atoms with van der Waals surface area (Å²) in [5.41, 5.74) is 5.93. The van der Waals surface area contributed by atoms with Gasteiger partial charge in [0, 0.05) is 5.56 Å². The second kappa shape index (κ2) is 6.51. The van der Waals surface area contributed by atoms with E-state index in [1.54, 1.807) is 0 Å². The molecule has 1 atom stereocenters. The molecule has 0 aliphatic rings. The Kier molecular flexibility index (Phi) is 6.08. The van der Waals surface area contributed by atoms with Crippen molar-refractivity contribution in [1.82, 2.24) is 0 Å². The molecule has 90 valence electrons. The van der Waals surface area contributed by atoms with Gasteiger partial charge in [0.05, 0.1) is 7.11 Å². The van der Waals surface area contributed by atoms with Crippen molar-refractivity contribution >= 4 is 5.97 Å². The summed E-state index contributed by atoms with van der Waals surface area (Å²) in [6, 6.07) is 7.49. The van der Waals surface area contributed by atoms with Gasteiger partial charge in [0.15, 0.2) is 0 Å². The van der Waals surface area contributed by atoms with E-state index in [1.807, 2.05) is 24.3 Å². The van der Waals surface area contributed by atoms with E-state index in [0.29, 0.717) is 5.92 Å². The number of rotatable bonds is 3. The molecule has 3 nitrogen and oxygen atoms in total. The number of benzene rings is 1. The molecular formula is C12H18ClNO2. The molecule has 0 fully saturated rings. The highest BCUT2D eigenvalue weighted by atomic mass is 35.5. The van der Waals surface area contributed by atoms with Gasteiger partial charge in [0.2, 0.25) is 6.04 Å². The van der Waals surface area contributed by atoms with E-state index in [-0.39, 0.29) is 18.4 Å². The van der Waals surface area contributed by atoms with E-state index < -0.39 is 6.04 Å². The Labute approximate surface area is 102 Å². The van der Waals surface area contributed by atoms with E-state index in [2.05, 4.69) is 24.3 Å². The molecule has 0 aliphatic carbocycles. The first kappa shape index (κ1) is 14.9. The highest BCUT2D eigenvalue weighted by Crippen LogP contribution is 2.17. The van der Waals surface area contributed by atoms with Crippen LogP contribution >= 0.6 is 0 Å². The van der Waals surface area contributed by atoms with Crippen molar-refractivity contribution in [1.29, 1.82) is 0 Å². The van der Waals surface area contributed by atoms with Crippen LogP contribution in [-0.4, -0.2) is 13.1 Å². The fourth-order valence-electron chi connectivity index (χ4n) is 1.39. The van der Waals surface area contributed by atoms with Crippen LogP contribution in [0.3, 0.4) is 0 Å². The lowest BCUT2D eigenvalue weighted by molar-refractivity contribution is -0.414. The van der Waals surface area contributed by atoms with E-state index >= 15 is 0 Å². The average molecular weight is 244 g/mol. The normalized spacial score (nSPS) is 11.8. The van der Waals surface area contributed by atoms with Crippen molar-refractivity contribution in [3.63, 3.8) is 0 Å². The molecule has 0 bridgehead atoms. The highest BCUT2D eigenvalue weighted by Gasteiger charge is 2.19. The molecule has 0 saturated carbocycles. The molecule has 0 spiro atoms. The number of esters is 1. The number of methoxy groups -OCH3 is 1. The Morgan fingerprint density at radius 3 is 2.00 bits per heavy atom. The molecule has 3 N–H and O–H groups in total. The lowest BCUT2D eigenvalue weighted by Gasteiger charge is -2.09. The van der Waals surface area contributed by atoms with Crippen LogP contribution in [0.25, 0.3) is 0 Å². The fraction of sp³-hybridized carbons (Fsp3) is 0.417. The van der Waals surface area contributed by atoms with Crippen LogP contribution in [0.2, 0.25) is 0 Å². The summed E-state index contributed by atoms with van der Waals surface area (Å²) < 4.78 is 4.64. The standard InChI is InChI=1S/C12H17NO2.ClH/c1-8(2)9-4-6-10(7-5-9)11(13)12(14)15-3;/h4-8,11H,13H2,1-3H3;1H. The second-order valence-corrected chi connectivity index (χ2v) is 3.90. The summed E-state index contributed by atoms with van der Waals surface area (Å²) in [7, 11) is 1.38. The SMILES string of the molecule is COC(=O)C([NH3+])c1ccc(C(C)C)cc1.[Cl-]. The molecule has 0 saturated heterocycles. The van der Waals surface area contributed by atoms with Gasteiger partial charge in [-0.2, -0.15) is 0 Å². The van der Waals surface area contributed by atoms with Crippen LogP contribution < -0.4 is 18.1 Å². The largest absolute Gasteiger partial charge is 1.00 e. The maximum Gasteiger partial charge on any atom is 0.369 e. The van der Waals surface area contributed by atoms with Gasteiger partial charge < -0.3 is 22.9 Å². The van der Waals surface area contributed by atoms with E-state index in [4.69, 9.17) is 0 Å². The van der Waals surface area contributed by atoms with Crippen LogP contribution in [-0.2, 0) is 9.53 Å². The van der Waals surface area contributed by atoms with Crippen molar-refractivity contribution < 1.29 is 27.7 Å². The second-order valence-electron chi connectivity index (χ2n) is 3.90. The number of quaternary nitrogens is 1. The van der Waals surface area contributed by atoms with Gasteiger partial charge in [-0.25, -0.2) is 4.79 Å². The van der Waals surface area contributed by atoms with E-state index in [1.165, 1.54) is 12.7 Å².